The third kappa shape index (κ3) is 3.42. The van der Waals surface area contributed by atoms with Gasteiger partial charge in [-0.25, -0.2) is 9.89 Å². The Labute approximate surface area is 145 Å². The van der Waals surface area contributed by atoms with Gasteiger partial charge in [-0.2, -0.15) is 5.10 Å². The second kappa shape index (κ2) is 7.08. The standard InChI is InChI=1S/C17H22N4O4/c1-20(11-6-4-3-5-7-11)14(22)10-21-8-12-15(18-19-16(12)23)13(9-21)17(24)25-2/h8-9,11H,3-7,10H2,1-2H3,(H,19,23). The van der Waals surface area contributed by atoms with Crippen LogP contribution in [-0.2, 0) is 16.1 Å². The Bertz CT molecular complexity index is 803. The van der Waals surface area contributed by atoms with Gasteiger partial charge >= 0.3 is 5.97 Å². The number of esters is 1. The topological polar surface area (TPSA) is 97.3 Å². The number of aromatic nitrogens is 3. The minimum absolute atomic E-state index is 0.0528. The Morgan fingerprint density at radius 1 is 1.32 bits per heavy atom. The Morgan fingerprint density at radius 2 is 2.04 bits per heavy atom. The molecule has 25 heavy (non-hydrogen) atoms. The molecular weight excluding hydrogens is 324 g/mol. The van der Waals surface area contributed by atoms with Gasteiger partial charge in [0, 0.05) is 25.5 Å². The predicted octanol–water partition coefficient (Wildman–Crippen LogP) is 1.25. The zero-order valence-corrected chi connectivity index (χ0v) is 14.4. The first-order valence-corrected chi connectivity index (χ1v) is 8.43. The number of carbonyl (C=O) groups excluding carboxylic acids is 2. The molecule has 0 saturated heterocycles. The van der Waals surface area contributed by atoms with Gasteiger partial charge in [-0.1, -0.05) is 19.3 Å². The van der Waals surface area contributed by atoms with Crippen molar-refractivity contribution < 1.29 is 14.3 Å². The van der Waals surface area contributed by atoms with Crippen LogP contribution in [0, 0.1) is 0 Å². The SMILES string of the molecule is COC(=O)c1cn(CC(=O)N(C)C2CCCCC2)cc2c(=O)[nH]nc1-2. The molecule has 0 aromatic heterocycles. The van der Waals surface area contributed by atoms with Crippen LogP contribution in [0.5, 0.6) is 0 Å². The van der Waals surface area contributed by atoms with Gasteiger partial charge in [-0.15, -0.1) is 0 Å². The lowest BCUT2D eigenvalue weighted by molar-refractivity contribution is -0.133. The quantitative estimate of drug-likeness (QED) is 0.841. The van der Waals surface area contributed by atoms with E-state index in [9.17, 15) is 14.4 Å². The summed E-state index contributed by atoms with van der Waals surface area (Å²) in [6, 6.07) is 0.259. The Kier molecular flexibility index (Phi) is 4.87. The summed E-state index contributed by atoms with van der Waals surface area (Å²) in [5, 5.41) is 6.20. The average molecular weight is 346 g/mol. The van der Waals surface area contributed by atoms with Gasteiger partial charge in [0.1, 0.15) is 17.8 Å². The highest BCUT2D eigenvalue weighted by Crippen LogP contribution is 2.23. The molecule has 1 amide bonds. The van der Waals surface area contributed by atoms with Crippen LogP contribution in [0.3, 0.4) is 0 Å². The van der Waals surface area contributed by atoms with Crippen molar-refractivity contribution in [2.45, 2.75) is 44.7 Å². The van der Waals surface area contributed by atoms with Crippen LogP contribution in [0.15, 0.2) is 17.2 Å². The number of methoxy groups -OCH3 is 1. The summed E-state index contributed by atoms with van der Waals surface area (Å²) in [5.74, 6) is -0.651. The fraction of sp³-hybridized carbons (Fsp3) is 0.529. The second-order valence-corrected chi connectivity index (χ2v) is 6.45. The van der Waals surface area contributed by atoms with Crippen LogP contribution in [0.2, 0.25) is 0 Å². The van der Waals surface area contributed by atoms with Crippen LogP contribution in [-0.4, -0.2) is 51.7 Å². The largest absolute Gasteiger partial charge is 0.465 e. The summed E-state index contributed by atoms with van der Waals surface area (Å²) in [4.78, 5) is 38.2. The monoisotopic (exact) mass is 346 g/mol. The number of nitrogens with one attached hydrogen (secondary N) is 1. The lowest BCUT2D eigenvalue weighted by atomic mass is 9.94. The summed E-state index contributed by atoms with van der Waals surface area (Å²) in [5.41, 5.74) is 0.270. The summed E-state index contributed by atoms with van der Waals surface area (Å²) in [7, 11) is 3.08. The molecule has 3 rings (SSSR count). The normalized spacial score (nSPS) is 15.3. The van der Waals surface area contributed by atoms with E-state index in [2.05, 4.69) is 10.2 Å². The van der Waals surface area contributed by atoms with Gasteiger partial charge in [0.2, 0.25) is 5.91 Å². The van der Waals surface area contributed by atoms with Gasteiger partial charge in [-0.05, 0) is 12.8 Å². The van der Waals surface area contributed by atoms with E-state index in [0.29, 0.717) is 0 Å². The van der Waals surface area contributed by atoms with E-state index in [-0.39, 0.29) is 35.3 Å². The number of H-pyrrole nitrogens is 1. The zero-order valence-electron chi connectivity index (χ0n) is 14.4. The molecule has 3 aliphatic rings. The van der Waals surface area contributed by atoms with E-state index < -0.39 is 11.5 Å². The Hall–Kier alpha value is -2.64. The molecule has 0 atom stereocenters. The molecule has 0 spiro atoms. The number of likely N-dealkylation sites (N-methyl/N-ethyl adjacent to an activating group) is 1. The van der Waals surface area contributed by atoms with Gasteiger partial charge in [0.05, 0.1) is 12.7 Å². The predicted molar refractivity (Wildman–Crippen MR) is 90.5 cm³/mol. The molecule has 0 radical (unpaired) electrons. The number of nitrogens with zero attached hydrogens (tertiary/aromatic N) is 3. The van der Waals surface area contributed by atoms with E-state index >= 15 is 0 Å². The Morgan fingerprint density at radius 3 is 2.72 bits per heavy atom. The van der Waals surface area contributed by atoms with Crippen LogP contribution < -0.4 is 5.56 Å². The number of ether oxygens (including phenoxy) is 1. The molecular formula is C17H22N4O4. The van der Waals surface area contributed by atoms with Crippen molar-refractivity contribution in [1.29, 1.82) is 0 Å². The first-order chi connectivity index (χ1) is 12.0. The third-order valence-corrected chi connectivity index (χ3v) is 4.85. The van der Waals surface area contributed by atoms with E-state index in [1.54, 1.807) is 15.7 Å². The molecule has 0 unspecified atom stereocenters. The van der Waals surface area contributed by atoms with Crippen molar-refractivity contribution in [3.8, 4) is 11.3 Å². The molecule has 8 heteroatoms. The fourth-order valence-electron chi connectivity index (χ4n) is 3.38. The molecule has 2 heterocycles. The molecule has 1 fully saturated rings. The van der Waals surface area contributed by atoms with Crippen molar-refractivity contribution in [1.82, 2.24) is 19.7 Å². The maximum atomic E-state index is 12.6. The van der Waals surface area contributed by atoms with Gasteiger partial charge in [0.15, 0.2) is 0 Å². The Balaban J connectivity index is 1.86. The van der Waals surface area contributed by atoms with E-state index in [4.69, 9.17) is 4.74 Å². The first-order valence-electron chi connectivity index (χ1n) is 8.43. The number of rotatable bonds is 4. The van der Waals surface area contributed by atoms with Crippen molar-refractivity contribution in [2.75, 3.05) is 14.2 Å². The number of hydrogen-bond donors (Lipinski definition) is 1. The maximum absolute atomic E-state index is 12.6. The third-order valence-electron chi connectivity index (χ3n) is 4.85. The smallest absolute Gasteiger partial charge is 0.341 e. The summed E-state index contributed by atoms with van der Waals surface area (Å²) < 4.78 is 6.30. The summed E-state index contributed by atoms with van der Waals surface area (Å²) in [6.07, 6.45) is 8.59. The van der Waals surface area contributed by atoms with Crippen LogP contribution in [0.25, 0.3) is 11.3 Å². The van der Waals surface area contributed by atoms with Crippen LogP contribution in [0.4, 0.5) is 0 Å². The number of amides is 1. The molecule has 1 N–H and O–H groups in total. The molecule has 134 valence electrons. The van der Waals surface area contributed by atoms with Crippen molar-refractivity contribution >= 4 is 11.9 Å². The van der Waals surface area contributed by atoms with E-state index in [1.807, 2.05) is 7.05 Å². The minimum atomic E-state index is -0.598. The highest BCUT2D eigenvalue weighted by Gasteiger charge is 2.25. The average Bonchev–Trinajstić information content (AvgIpc) is 3.01. The maximum Gasteiger partial charge on any atom is 0.341 e. The highest BCUT2D eigenvalue weighted by molar-refractivity contribution is 5.96. The number of fused-ring (bicyclic) bond motifs is 1. The van der Waals surface area contributed by atoms with E-state index in [0.717, 1.165) is 25.7 Å². The minimum Gasteiger partial charge on any atom is -0.465 e. The molecule has 8 nitrogen and oxygen atoms in total. The fourth-order valence-corrected chi connectivity index (χ4v) is 3.38. The molecule has 0 bridgehead atoms. The lowest BCUT2D eigenvalue weighted by Crippen LogP contribution is -2.40. The van der Waals surface area contributed by atoms with Gasteiger partial charge in [-0.3, -0.25) is 9.59 Å². The van der Waals surface area contributed by atoms with Crippen molar-refractivity contribution in [2.24, 2.45) is 0 Å². The number of aromatic amines is 1. The number of carbonyl (C=O) groups is 2. The molecule has 0 aromatic rings. The highest BCUT2D eigenvalue weighted by atomic mass is 16.5. The summed E-state index contributed by atoms with van der Waals surface area (Å²) >= 11 is 0. The van der Waals surface area contributed by atoms with E-state index in [1.165, 1.54) is 19.7 Å². The second-order valence-electron chi connectivity index (χ2n) is 6.45. The van der Waals surface area contributed by atoms with Gasteiger partial charge < -0.3 is 14.2 Å². The van der Waals surface area contributed by atoms with Crippen LogP contribution >= 0.6 is 0 Å². The number of hydrogen-bond acceptors (Lipinski definition) is 5. The van der Waals surface area contributed by atoms with Crippen molar-refractivity contribution in [3.05, 3.63) is 28.3 Å². The van der Waals surface area contributed by atoms with Crippen LogP contribution in [0.1, 0.15) is 42.5 Å². The van der Waals surface area contributed by atoms with Gasteiger partial charge in [0.25, 0.3) is 5.56 Å². The lowest BCUT2D eigenvalue weighted by Gasteiger charge is -2.31. The first kappa shape index (κ1) is 17.2. The summed E-state index contributed by atoms with van der Waals surface area (Å²) in [6.45, 7) is 0.0531. The molecule has 0 aromatic carbocycles. The number of pyridine rings is 1. The zero-order chi connectivity index (χ0) is 18.0. The molecule has 1 aliphatic carbocycles. The molecule has 1 saturated carbocycles. The molecule has 2 aliphatic heterocycles. The van der Waals surface area contributed by atoms with Crippen molar-refractivity contribution in [3.63, 3.8) is 0 Å².